The standard InChI is InChI=1S/C9H9Cl.C8H14O2.C8H8/c1-2-9(10)8-6-4-3-5-7-8;1-3-4-5-6-7(2)8(9)10;1-2-8-6-4-3-5-7-8/h2-7,9H,1H2;6H,3-5H2,1-2H3,(H,9,10);2-7H,1H2. The molecule has 1 atom stereocenters. The quantitative estimate of drug-likeness (QED) is 0.224. The van der Waals surface area contributed by atoms with Gasteiger partial charge in [-0.2, -0.15) is 0 Å². The molecular formula is C25H31ClO2. The Morgan fingerprint density at radius 2 is 1.61 bits per heavy atom. The summed E-state index contributed by atoms with van der Waals surface area (Å²) in [5.74, 6) is -0.809. The number of rotatable bonds is 7. The predicted octanol–water partition coefficient (Wildman–Crippen LogP) is 7.69. The summed E-state index contributed by atoms with van der Waals surface area (Å²) >= 11 is 5.87. The molecule has 28 heavy (non-hydrogen) atoms. The van der Waals surface area contributed by atoms with Crippen molar-refractivity contribution in [1.82, 2.24) is 0 Å². The van der Waals surface area contributed by atoms with E-state index in [-0.39, 0.29) is 5.38 Å². The molecule has 0 aliphatic carbocycles. The smallest absolute Gasteiger partial charge is 0.330 e. The second kappa shape index (κ2) is 16.6. The Labute approximate surface area is 174 Å². The summed E-state index contributed by atoms with van der Waals surface area (Å²) < 4.78 is 0. The van der Waals surface area contributed by atoms with Crippen molar-refractivity contribution in [3.63, 3.8) is 0 Å². The molecule has 0 fully saturated rings. The molecule has 0 spiro atoms. The first kappa shape index (κ1) is 25.4. The zero-order chi connectivity index (χ0) is 21.2. The third kappa shape index (κ3) is 12.7. The fourth-order valence-electron chi connectivity index (χ4n) is 1.97. The van der Waals surface area contributed by atoms with Crippen LogP contribution in [0.15, 0.2) is 91.5 Å². The molecule has 0 heterocycles. The van der Waals surface area contributed by atoms with Crippen LogP contribution in [-0.2, 0) is 4.79 Å². The van der Waals surface area contributed by atoms with Gasteiger partial charge in [-0.05, 0) is 24.5 Å². The maximum atomic E-state index is 10.2. The average Bonchev–Trinajstić information content (AvgIpc) is 2.75. The molecular weight excluding hydrogens is 368 g/mol. The largest absolute Gasteiger partial charge is 0.478 e. The highest BCUT2D eigenvalue weighted by atomic mass is 35.5. The predicted molar refractivity (Wildman–Crippen MR) is 123 cm³/mol. The summed E-state index contributed by atoms with van der Waals surface area (Å²) in [4.78, 5) is 10.2. The molecule has 0 amide bonds. The molecule has 2 nitrogen and oxygen atoms in total. The number of halogens is 1. The molecule has 2 rings (SSSR count). The highest BCUT2D eigenvalue weighted by Gasteiger charge is 1.99. The number of carbonyl (C=O) groups is 1. The van der Waals surface area contributed by atoms with Crippen LogP contribution >= 0.6 is 11.6 Å². The first-order valence-corrected chi connectivity index (χ1v) is 9.78. The molecule has 0 aliphatic heterocycles. The molecule has 3 heteroatoms. The molecule has 0 saturated heterocycles. The van der Waals surface area contributed by atoms with Crippen LogP contribution in [0.2, 0.25) is 0 Å². The van der Waals surface area contributed by atoms with Crippen molar-refractivity contribution >= 4 is 23.6 Å². The molecule has 2 aromatic carbocycles. The zero-order valence-corrected chi connectivity index (χ0v) is 17.6. The topological polar surface area (TPSA) is 37.3 Å². The molecule has 0 saturated carbocycles. The van der Waals surface area contributed by atoms with Gasteiger partial charge in [-0.25, -0.2) is 4.79 Å². The van der Waals surface area contributed by atoms with Crippen molar-refractivity contribution in [3.05, 3.63) is 103 Å². The minimum absolute atomic E-state index is 0.0544. The zero-order valence-electron chi connectivity index (χ0n) is 16.9. The van der Waals surface area contributed by atoms with Gasteiger partial charge in [0, 0.05) is 5.57 Å². The van der Waals surface area contributed by atoms with Gasteiger partial charge in [0.2, 0.25) is 0 Å². The van der Waals surface area contributed by atoms with E-state index in [1.807, 2.05) is 66.7 Å². The number of alkyl halides is 1. The van der Waals surface area contributed by atoms with E-state index in [4.69, 9.17) is 16.7 Å². The van der Waals surface area contributed by atoms with Crippen LogP contribution in [0.3, 0.4) is 0 Å². The molecule has 0 bridgehead atoms. The number of hydrogen-bond acceptors (Lipinski definition) is 1. The maximum absolute atomic E-state index is 10.2. The fourth-order valence-corrected chi connectivity index (χ4v) is 2.12. The number of allylic oxidation sites excluding steroid dienone is 2. The van der Waals surface area contributed by atoms with Crippen molar-refractivity contribution in [2.45, 2.75) is 38.5 Å². The van der Waals surface area contributed by atoms with E-state index in [0.29, 0.717) is 5.57 Å². The number of unbranched alkanes of at least 4 members (excludes halogenated alkanes) is 2. The molecule has 1 N–H and O–H groups in total. The van der Waals surface area contributed by atoms with Crippen molar-refractivity contribution < 1.29 is 9.90 Å². The Morgan fingerprint density at radius 1 is 1.07 bits per heavy atom. The molecule has 150 valence electrons. The number of carboxylic acids is 1. The number of aliphatic carboxylic acids is 1. The first-order valence-electron chi connectivity index (χ1n) is 9.35. The lowest BCUT2D eigenvalue weighted by molar-refractivity contribution is -0.132. The SMILES string of the molecule is C=CC(Cl)c1ccccc1.C=Cc1ccccc1.CCCCC=C(C)C(=O)O. The van der Waals surface area contributed by atoms with E-state index in [1.165, 1.54) is 5.56 Å². The van der Waals surface area contributed by atoms with Gasteiger partial charge in [-0.3, -0.25) is 0 Å². The average molecular weight is 399 g/mol. The number of hydrogen-bond donors (Lipinski definition) is 1. The third-order valence-corrected chi connectivity index (χ3v) is 4.14. The van der Waals surface area contributed by atoms with Gasteiger partial charge in [-0.15, -0.1) is 18.2 Å². The van der Waals surface area contributed by atoms with E-state index in [1.54, 1.807) is 19.1 Å². The summed E-state index contributed by atoms with van der Waals surface area (Å²) in [6, 6.07) is 19.9. The Kier molecular flexibility index (Phi) is 15.1. The minimum atomic E-state index is -0.809. The third-order valence-electron chi connectivity index (χ3n) is 3.71. The normalized spacial score (nSPS) is 11.0. The van der Waals surface area contributed by atoms with Crippen molar-refractivity contribution in [3.8, 4) is 0 Å². The lowest BCUT2D eigenvalue weighted by Gasteiger charge is -2.01. The Bertz CT molecular complexity index is 706. The van der Waals surface area contributed by atoms with Crippen molar-refractivity contribution in [2.24, 2.45) is 0 Å². The van der Waals surface area contributed by atoms with Gasteiger partial charge in [0.05, 0.1) is 5.38 Å². The second-order valence-corrected chi connectivity index (χ2v) is 6.47. The number of benzene rings is 2. The monoisotopic (exact) mass is 398 g/mol. The molecule has 2 aromatic rings. The maximum Gasteiger partial charge on any atom is 0.330 e. The van der Waals surface area contributed by atoms with Crippen molar-refractivity contribution in [2.75, 3.05) is 0 Å². The fraction of sp³-hybridized carbons (Fsp3) is 0.240. The van der Waals surface area contributed by atoms with E-state index < -0.39 is 5.97 Å². The molecule has 0 aromatic heterocycles. The van der Waals surface area contributed by atoms with Gasteiger partial charge in [0.25, 0.3) is 0 Å². The number of carboxylic acid groups (broad SMARTS) is 1. The Hall–Kier alpha value is -2.58. The lowest BCUT2D eigenvalue weighted by atomic mass is 10.1. The molecule has 0 aliphatic rings. The van der Waals surface area contributed by atoms with Gasteiger partial charge >= 0.3 is 5.97 Å². The van der Waals surface area contributed by atoms with Gasteiger partial charge < -0.3 is 5.11 Å². The lowest BCUT2D eigenvalue weighted by Crippen LogP contribution is -1.95. The summed E-state index contributed by atoms with van der Waals surface area (Å²) in [6.45, 7) is 10.9. The van der Waals surface area contributed by atoms with Crippen LogP contribution in [0.4, 0.5) is 0 Å². The second-order valence-electron chi connectivity index (χ2n) is 6.00. The highest BCUT2D eigenvalue weighted by molar-refractivity contribution is 6.21. The highest BCUT2D eigenvalue weighted by Crippen LogP contribution is 2.19. The molecule has 1 unspecified atom stereocenters. The van der Waals surface area contributed by atoms with Crippen LogP contribution in [0.1, 0.15) is 49.6 Å². The summed E-state index contributed by atoms with van der Waals surface area (Å²) in [6.07, 6.45) is 8.39. The van der Waals surface area contributed by atoms with Crippen molar-refractivity contribution in [1.29, 1.82) is 0 Å². The van der Waals surface area contributed by atoms with Gasteiger partial charge in [0.15, 0.2) is 0 Å². The van der Waals surface area contributed by atoms with Crippen LogP contribution < -0.4 is 0 Å². The van der Waals surface area contributed by atoms with E-state index in [0.717, 1.165) is 24.8 Å². The van der Waals surface area contributed by atoms with Crippen LogP contribution in [0, 0.1) is 0 Å². The van der Waals surface area contributed by atoms with E-state index in [2.05, 4.69) is 20.1 Å². The summed E-state index contributed by atoms with van der Waals surface area (Å²) in [7, 11) is 0. The summed E-state index contributed by atoms with van der Waals surface area (Å²) in [5, 5.41) is 8.36. The van der Waals surface area contributed by atoms with Crippen LogP contribution in [-0.4, -0.2) is 11.1 Å². The van der Waals surface area contributed by atoms with Crippen LogP contribution in [0.5, 0.6) is 0 Å². The minimum Gasteiger partial charge on any atom is -0.478 e. The van der Waals surface area contributed by atoms with Gasteiger partial charge in [-0.1, -0.05) is 105 Å². The van der Waals surface area contributed by atoms with E-state index in [9.17, 15) is 4.79 Å². The Morgan fingerprint density at radius 3 is 2.00 bits per heavy atom. The van der Waals surface area contributed by atoms with E-state index >= 15 is 0 Å². The summed E-state index contributed by atoms with van der Waals surface area (Å²) in [5.41, 5.74) is 2.72. The molecule has 0 radical (unpaired) electrons. The Balaban J connectivity index is 0.000000393. The van der Waals surface area contributed by atoms with Crippen LogP contribution in [0.25, 0.3) is 6.08 Å². The van der Waals surface area contributed by atoms with Gasteiger partial charge in [0.1, 0.15) is 0 Å². The first-order chi connectivity index (χ1) is 13.5.